The van der Waals surface area contributed by atoms with Crippen molar-refractivity contribution in [1.82, 2.24) is 9.97 Å². The number of nitrogen functional groups attached to an aromatic ring is 1. The van der Waals surface area contributed by atoms with Gasteiger partial charge in [-0.3, -0.25) is 4.79 Å². The monoisotopic (exact) mass is 552 g/mol. The number of nitrogens with two attached hydrogens (primary N) is 2. The van der Waals surface area contributed by atoms with Crippen LogP contribution in [0.25, 0.3) is 22.4 Å². The highest BCUT2D eigenvalue weighted by Gasteiger charge is 2.45. The first-order chi connectivity index (χ1) is 18.9. The number of halogens is 3. The summed E-state index contributed by atoms with van der Waals surface area (Å²) in [5.74, 6) is -1.56. The molecular formula is C29H27F3N4O4. The smallest absolute Gasteiger partial charge is 0.429 e. The molecule has 0 aliphatic heterocycles. The number of rotatable bonds is 9. The zero-order valence-electron chi connectivity index (χ0n) is 21.6. The van der Waals surface area contributed by atoms with Crippen molar-refractivity contribution in [3.63, 3.8) is 0 Å². The predicted molar refractivity (Wildman–Crippen MR) is 144 cm³/mol. The SMILES string of the molecule is COc1ccc(-c2cccc(C)c2)c(C(Oc2cc(-c3ccc(C[C@H](N)C(=O)O)cc3)nc(N)n2)C(F)(F)F)c1. The molecule has 2 atom stereocenters. The van der Waals surface area contributed by atoms with E-state index in [9.17, 15) is 18.0 Å². The van der Waals surface area contributed by atoms with Crippen LogP contribution in [0.5, 0.6) is 11.6 Å². The van der Waals surface area contributed by atoms with Crippen LogP contribution in [0, 0.1) is 6.92 Å². The summed E-state index contributed by atoms with van der Waals surface area (Å²) < 4.78 is 54.3. The van der Waals surface area contributed by atoms with E-state index in [0.29, 0.717) is 22.3 Å². The molecule has 1 unspecified atom stereocenters. The van der Waals surface area contributed by atoms with Crippen molar-refractivity contribution in [1.29, 1.82) is 0 Å². The minimum atomic E-state index is -4.82. The molecule has 0 spiro atoms. The third-order valence-electron chi connectivity index (χ3n) is 6.15. The van der Waals surface area contributed by atoms with Crippen LogP contribution < -0.4 is 20.9 Å². The summed E-state index contributed by atoms with van der Waals surface area (Å²) >= 11 is 0. The Hall–Kier alpha value is -4.64. The number of benzene rings is 3. The van der Waals surface area contributed by atoms with Crippen molar-refractivity contribution in [2.24, 2.45) is 5.73 Å². The maximum Gasteiger partial charge on any atom is 0.429 e. The van der Waals surface area contributed by atoms with Gasteiger partial charge in [-0.25, -0.2) is 4.98 Å². The number of nitrogens with zero attached hydrogens (tertiary/aromatic N) is 2. The minimum absolute atomic E-state index is 0.104. The van der Waals surface area contributed by atoms with Gasteiger partial charge in [0.2, 0.25) is 17.9 Å². The summed E-state index contributed by atoms with van der Waals surface area (Å²) in [7, 11) is 1.37. The van der Waals surface area contributed by atoms with Crippen LogP contribution in [-0.4, -0.2) is 40.4 Å². The molecule has 4 rings (SSSR count). The minimum Gasteiger partial charge on any atom is -0.497 e. The van der Waals surface area contributed by atoms with Gasteiger partial charge in [-0.05, 0) is 42.2 Å². The molecule has 0 bridgehead atoms. The van der Waals surface area contributed by atoms with E-state index in [-0.39, 0.29) is 35.3 Å². The van der Waals surface area contributed by atoms with Crippen LogP contribution >= 0.6 is 0 Å². The number of anilines is 1. The Balaban J connectivity index is 1.72. The van der Waals surface area contributed by atoms with E-state index in [2.05, 4.69) is 9.97 Å². The Morgan fingerprint density at radius 2 is 1.73 bits per heavy atom. The molecular weight excluding hydrogens is 525 g/mol. The number of carboxylic acids is 1. The second kappa shape index (κ2) is 11.6. The summed E-state index contributed by atoms with van der Waals surface area (Å²) in [6, 6.07) is 18.3. The van der Waals surface area contributed by atoms with Crippen LogP contribution in [0.15, 0.2) is 72.8 Å². The van der Waals surface area contributed by atoms with Crippen molar-refractivity contribution in [2.75, 3.05) is 12.8 Å². The molecule has 0 fully saturated rings. The summed E-state index contributed by atoms with van der Waals surface area (Å²) in [6.07, 6.45) is -7.12. The van der Waals surface area contributed by atoms with Gasteiger partial charge in [-0.2, -0.15) is 18.2 Å². The molecule has 3 aromatic carbocycles. The molecule has 0 saturated heterocycles. The molecule has 8 nitrogen and oxygen atoms in total. The lowest BCUT2D eigenvalue weighted by molar-refractivity contribution is -0.198. The molecule has 0 radical (unpaired) electrons. The van der Waals surface area contributed by atoms with Gasteiger partial charge < -0.3 is 26.0 Å². The molecule has 4 aromatic rings. The largest absolute Gasteiger partial charge is 0.497 e. The Kier molecular flexibility index (Phi) is 8.24. The third-order valence-corrected chi connectivity index (χ3v) is 6.15. The first kappa shape index (κ1) is 28.4. The second-order valence-corrected chi connectivity index (χ2v) is 9.16. The Morgan fingerprint density at radius 1 is 1.00 bits per heavy atom. The van der Waals surface area contributed by atoms with Gasteiger partial charge >= 0.3 is 12.1 Å². The molecule has 0 saturated carbocycles. The number of carboxylic acid groups (broad SMARTS) is 1. The Bertz CT molecular complexity index is 1510. The first-order valence-corrected chi connectivity index (χ1v) is 12.1. The van der Waals surface area contributed by atoms with E-state index >= 15 is 0 Å². The number of aromatic nitrogens is 2. The van der Waals surface area contributed by atoms with Crippen molar-refractivity contribution >= 4 is 11.9 Å². The molecule has 11 heteroatoms. The van der Waals surface area contributed by atoms with E-state index in [1.165, 1.54) is 19.2 Å². The zero-order valence-corrected chi connectivity index (χ0v) is 21.6. The number of hydrogen-bond donors (Lipinski definition) is 3. The highest BCUT2D eigenvalue weighted by molar-refractivity contribution is 5.73. The molecule has 0 aliphatic carbocycles. The van der Waals surface area contributed by atoms with Gasteiger partial charge in [0.25, 0.3) is 0 Å². The fraction of sp³-hybridized carbons (Fsp3) is 0.207. The standard InChI is InChI=1S/C29H27F3N4O4/c1-16-4-3-5-19(12-16)21-11-10-20(39-2)14-22(21)26(29(30,31)32)40-25-15-24(35-28(34)36-25)18-8-6-17(7-9-18)13-23(33)27(37)38/h3-12,14-15,23,26H,13,33H2,1-2H3,(H,37,38)(H2,34,35,36)/t23-,26?/m0/s1. The Morgan fingerprint density at radius 3 is 2.35 bits per heavy atom. The molecule has 0 aliphatic rings. The van der Waals surface area contributed by atoms with E-state index in [1.54, 1.807) is 54.6 Å². The number of aliphatic carboxylic acids is 1. The topological polar surface area (TPSA) is 134 Å². The molecule has 5 N–H and O–H groups in total. The number of hydrogen-bond acceptors (Lipinski definition) is 7. The summed E-state index contributed by atoms with van der Waals surface area (Å²) in [5.41, 5.74) is 14.5. The molecule has 1 aromatic heterocycles. The third kappa shape index (κ3) is 6.67. The molecule has 0 amide bonds. The van der Waals surface area contributed by atoms with Crippen LogP contribution in [-0.2, 0) is 11.2 Å². The fourth-order valence-electron chi connectivity index (χ4n) is 4.19. The van der Waals surface area contributed by atoms with Gasteiger partial charge in [0.15, 0.2) is 0 Å². The van der Waals surface area contributed by atoms with Gasteiger partial charge in [-0.1, -0.05) is 60.2 Å². The van der Waals surface area contributed by atoms with Gasteiger partial charge in [0.05, 0.1) is 12.8 Å². The first-order valence-electron chi connectivity index (χ1n) is 12.1. The lowest BCUT2D eigenvalue weighted by Gasteiger charge is -2.25. The quantitative estimate of drug-likeness (QED) is 0.253. The molecule has 1 heterocycles. The van der Waals surface area contributed by atoms with Crippen molar-refractivity contribution in [3.8, 4) is 34.0 Å². The summed E-state index contributed by atoms with van der Waals surface area (Å²) in [5, 5.41) is 9.01. The molecule has 208 valence electrons. The van der Waals surface area contributed by atoms with E-state index < -0.39 is 24.3 Å². The average molecular weight is 553 g/mol. The average Bonchev–Trinajstić information content (AvgIpc) is 2.91. The number of methoxy groups -OCH3 is 1. The van der Waals surface area contributed by atoms with Crippen LogP contribution in [0.1, 0.15) is 22.8 Å². The fourth-order valence-corrected chi connectivity index (χ4v) is 4.19. The number of ether oxygens (including phenoxy) is 2. The van der Waals surface area contributed by atoms with Crippen LogP contribution in [0.4, 0.5) is 19.1 Å². The van der Waals surface area contributed by atoms with Crippen molar-refractivity contribution < 1.29 is 32.5 Å². The summed E-state index contributed by atoms with van der Waals surface area (Å²) in [4.78, 5) is 19.1. The van der Waals surface area contributed by atoms with E-state index in [0.717, 1.165) is 5.56 Å². The lowest BCUT2D eigenvalue weighted by atomic mass is 9.94. The molecule has 40 heavy (non-hydrogen) atoms. The van der Waals surface area contributed by atoms with E-state index in [4.69, 9.17) is 26.0 Å². The van der Waals surface area contributed by atoms with Gasteiger partial charge in [0, 0.05) is 17.2 Å². The van der Waals surface area contributed by atoms with E-state index in [1.807, 2.05) is 13.0 Å². The number of alkyl halides is 3. The van der Waals surface area contributed by atoms with Gasteiger partial charge in [0.1, 0.15) is 11.8 Å². The summed E-state index contributed by atoms with van der Waals surface area (Å²) in [6.45, 7) is 1.85. The van der Waals surface area contributed by atoms with Crippen molar-refractivity contribution in [3.05, 3.63) is 89.5 Å². The van der Waals surface area contributed by atoms with Crippen molar-refractivity contribution in [2.45, 2.75) is 31.7 Å². The maximum absolute atomic E-state index is 14.5. The number of carbonyl (C=O) groups is 1. The highest BCUT2D eigenvalue weighted by atomic mass is 19.4. The predicted octanol–water partition coefficient (Wildman–Crippen LogP) is 5.35. The van der Waals surface area contributed by atoms with Crippen LogP contribution in [0.2, 0.25) is 0 Å². The maximum atomic E-state index is 14.5. The van der Waals surface area contributed by atoms with Gasteiger partial charge in [-0.15, -0.1) is 0 Å². The Labute approximate surface area is 228 Å². The normalized spacial score (nSPS) is 12.9. The van der Waals surface area contributed by atoms with Crippen LogP contribution in [0.3, 0.4) is 0 Å². The lowest BCUT2D eigenvalue weighted by Crippen LogP contribution is -2.32. The second-order valence-electron chi connectivity index (χ2n) is 9.16. The number of aryl methyl sites for hydroxylation is 1. The zero-order chi connectivity index (χ0) is 29.0. The highest BCUT2D eigenvalue weighted by Crippen LogP contribution is 2.42.